The van der Waals surface area contributed by atoms with Gasteiger partial charge in [-0.25, -0.2) is 12.7 Å². The van der Waals surface area contributed by atoms with Crippen LogP contribution in [0.25, 0.3) is 0 Å². The number of benzene rings is 1. The van der Waals surface area contributed by atoms with Gasteiger partial charge in [-0.3, -0.25) is 4.79 Å². The summed E-state index contributed by atoms with van der Waals surface area (Å²) in [4.78, 5) is 11.0. The summed E-state index contributed by atoms with van der Waals surface area (Å²) in [5.74, 6) is -1.39. The first-order valence-electron chi connectivity index (χ1n) is 7.23. The van der Waals surface area contributed by atoms with Crippen molar-refractivity contribution in [3.8, 4) is 0 Å². The topological polar surface area (TPSA) is 74.7 Å². The Bertz CT molecular complexity index is 571. The van der Waals surface area contributed by atoms with Crippen molar-refractivity contribution in [1.29, 1.82) is 0 Å². The Hall–Kier alpha value is -1.40. The second-order valence-electron chi connectivity index (χ2n) is 5.44. The lowest BCUT2D eigenvalue weighted by molar-refractivity contribution is -0.142. The van der Waals surface area contributed by atoms with Gasteiger partial charge in [-0.15, -0.1) is 0 Å². The average molecular weight is 311 g/mol. The number of hydrogen-bond acceptors (Lipinski definition) is 3. The number of carboxylic acids is 1. The monoisotopic (exact) mass is 311 g/mol. The highest BCUT2D eigenvalue weighted by molar-refractivity contribution is 7.89. The van der Waals surface area contributed by atoms with Crippen LogP contribution in [-0.2, 0) is 21.2 Å². The molecule has 6 heteroatoms. The molecule has 1 fully saturated rings. The molecule has 5 nitrogen and oxygen atoms in total. The number of aliphatic carboxylic acids is 1. The van der Waals surface area contributed by atoms with Crippen molar-refractivity contribution in [3.05, 3.63) is 35.9 Å². The van der Waals surface area contributed by atoms with Gasteiger partial charge >= 0.3 is 5.97 Å². The predicted octanol–water partition coefficient (Wildman–Crippen LogP) is 1.75. The van der Waals surface area contributed by atoms with E-state index in [1.807, 2.05) is 30.3 Å². The summed E-state index contributed by atoms with van der Waals surface area (Å²) in [5.41, 5.74) is 1.12. The van der Waals surface area contributed by atoms with E-state index in [0.29, 0.717) is 25.8 Å². The quantitative estimate of drug-likeness (QED) is 0.868. The Kier molecular flexibility index (Phi) is 5.36. The van der Waals surface area contributed by atoms with E-state index in [-0.39, 0.29) is 12.3 Å². The number of carboxylic acid groups (broad SMARTS) is 1. The molecule has 1 aromatic rings. The Balaban J connectivity index is 1.88. The van der Waals surface area contributed by atoms with Crippen molar-refractivity contribution in [2.75, 3.05) is 18.8 Å². The molecule has 116 valence electrons. The number of nitrogens with zero attached hydrogens (tertiary/aromatic N) is 1. The Morgan fingerprint density at radius 2 is 2.00 bits per heavy atom. The fourth-order valence-electron chi connectivity index (χ4n) is 2.63. The third-order valence-corrected chi connectivity index (χ3v) is 5.76. The molecule has 1 N–H and O–H groups in total. The van der Waals surface area contributed by atoms with Gasteiger partial charge < -0.3 is 5.11 Å². The zero-order valence-corrected chi connectivity index (χ0v) is 12.8. The van der Waals surface area contributed by atoms with Crippen LogP contribution in [0.1, 0.15) is 24.8 Å². The molecular formula is C15H21NO4S. The molecule has 1 aromatic carbocycles. The third-order valence-electron chi connectivity index (χ3n) is 3.84. The van der Waals surface area contributed by atoms with Gasteiger partial charge in [0.2, 0.25) is 10.0 Å². The van der Waals surface area contributed by atoms with Crippen LogP contribution >= 0.6 is 0 Å². The van der Waals surface area contributed by atoms with E-state index in [0.717, 1.165) is 12.0 Å². The second-order valence-corrected chi connectivity index (χ2v) is 7.53. The van der Waals surface area contributed by atoms with Crippen LogP contribution in [-0.4, -0.2) is 42.6 Å². The summed E-state index contributed by atoms with van der Waals surface area (Å²) in [5, 5.41) is 9.03. The summed E-state index contributed by atoms with van der Waals surface area (Å²) in [7, 11) is -3.35. The highest BCUT2D eigenvalue weighted by atomic mass is 32.2. The lowest BCUT2D eigenvalue weighted by Gasteiger charge is -2.29. The molecule has 1 aliphatic heterocycles. The van der Waals surface area contributed by atoms with Gasteiger partial charge in [-0.05, 0) is 31.2 Å². The minimum atomic E-state index is -3.35. The first-order valence-corrected chi connectivity index (χ1v) is 8.84. The first-order chi connectivity index (χ1) is 9.99. The van der Waals surface area contributed by atoms with E-state index in [1.54, 1.807) is 0 Å². The van der Waals surface area contributed by atoms with E-state index in [4.69, 9.17) is 5.11 Å². The van der Waals surface area contributed by atoms with Crippen LogP contribution in [0.2, 0.25) is 0 Å². The Morgan fingerprint density at radius 1 is 1.29 bits per heavy atom. The SMILES string of the molecule is O=C(O)[C@H]1CCCN(S(=O)(=O)CCCc2ccccc2)C1. The highest BCUT2D eigenvalue weighted by Crippen LogP contribution is 2.20. The predicted molar refractivity (Wildman–Crippen MR) is 80.5 cm³/mol. The molecule has 0 saturated carbocycles. The Labute approximate surface area is 125 Å². The highest BCUT2D eigenvalue weighted by Gasteiger charge is 2.31. The van der Waals surface area contributed by atoms with Crippen LogP contribution in [0.5, 0.6) is 0 Å². The molecule has 0 radical (unpaired) electrons. The molecule has 0 spiro atoms. The zero-order chi connectivity index (χ0) is 15.3. The third kappa shape index (κ3) is 4.54. The van der Waals surface area contributed by atoms with E-state index < -0.39 is 21.9 Å². The molecule has 1 heterocycles. The normalized spacial score (nSPS) is 20.3. The van der Waals surface area contributed by atoms with Gasteiger partial charge in [0.25, 0.3) is 0 Å². The number of carbonyl (C=O) groups is 1. The van der Waals surface area contributed by atoms with Gasteiger partial charge in [0.1, 0.15) is 0 Å². The minimum Gasteiger partial charge on any atom is -0.481 e. The summed E-state index contributed by atoms with van der Waals surface area (Å²) in [6.07, 6.45) is 2.46. The van der Waals surface area contributed by atoms with E-state index >= 15 is 0 Å². The molecule has 21 heavy (non-hydrogen) atoms. The summed E-state index contributed by atoms with van der Waals surface area (Å²) in [6, 6.07) is 9.76. The lowest BCUT2D eigenvalue weighted by Crippen LogP contribution is -2.43. The standard InChI is InChI=1S/C15H21NO4S/c17-15(18)14-9-4-10-16(12-14)21(19,20)11-5-8-13-6-2-1-3-7-13/h1-3,6-7,14H,4-5,8-12H2,(H,17,18)/t14-/m0/s1. The molecule has 0 aromatic heterocycles. The number of sulfonamides is 1. The summed E-state index contributed by atoms with van der Waals surface area (Å²) in [6.45, 7) is 0.556. The van der Waals surface area contributed by atoms with Crippen molar-refractivity contribution < 1.29 is 18.3 Å². The summed E-state index contributed by atoms with van der Waals surface area (Å²) < 4.78 is 25.9. The van der Waals surface area contributed by atoms with Gasteiger partial charge in [0.05, 0.1) is 11.7 Å². The average Bonchev–Trinajstić information content (AvgIpc) is 2.48. The molecule has 0 unspecified atom stereocenters. The van der Waals surface area contributed by atoms with Crippen molar-refractivity contribution in [2.45, 2.75) is 25.7 Å². The van der Waals surface area contributed by atoms with Crippen LogP contribution in [0.15, 0.2) is 30.3 Å². The largest absolute Gasteiger partial charge is 0.481 e. The zero-order valence-electron chi connectivity index (χ0n) is 11.9. The van der Waals surface area contributed by atoms with Crippen molar-refractivity contribution in [3.63, 3.8) is 0 Å². The van der Waals surface area contributed by atoms with Crippen LogP contribution in [0, 0.1) is 5.92 Å². The minimum absolute atomic E-state index is 0.0776. The molecule has 0 amide bonds. The first kappa shape index (κ1) is 16.0. The molecular weight excluding hydrogens is 290 g/mol. The molecule has 1 aliphatic rings. The van der Waals surface area contributed by atoms with Crippen LogP contribution in [0.3, 0.4) is 0 Å². The maximum absolute atomic E-state index is 12.3. The van der Waals surface area contributed by atoms with E-state index in [2.05, 4.69) is 0 Å². The lowest BCUT2D eigenvalue weighted by atomic mass is 10.0. The van der Waals surface area contributed by atoms with Crippen LogP contribution in [0.4, 0.5) is 0 Å². The smallest absolute Gasteiger partial charge is 0.307 e. The molecule has 1 atom stereocenters. The van der Waals surface area contributed by atoms with Crippen molar-refractivity contribution in [1.82, 2.24) is 4.31 Å². The van der Waals surface area contributed by atoms with Gasteiger partial charge in [0.15, 0.2) is 0 Å². The summed E-state index contributed by atoms with van der Waals surface area (Å²) >= 11 is 0. The number of aryl methyl sites for hydroxylation is 1. The van der Waals surface area contributed by atoms with Crippen molar-refractivity contribution in [2.24, 2.45) is 5.92 Å². The second kappa shape index (κ2) is 7.04. The number of piperidine rings is 1. The van der Waals surface area contributed by atoms with E-state index in [9.17, 15) is 13.2 Å². The van der Waals surface area contributed by atoms with Crippen LogP contribution < -0.4 is 0 Å². The number of rotatable bonds is 6. The molecule has 1 saturated heterocycles. The maximum Gasteiger partial charge on any atom is 0.307 e. The van der Waals surface area contributed by atoms with Gasteiger partial charge in [0, 0.05) is 13.1 Å². The molecule has 0 bridgehead atoms. The molecule has 0 aliphatic carbocycles. The fourth-order valence-corrected chi connectivity index (χ4v) is 4.21. The number of hydrogen-bond donors (Lipinski definition) is 1. The fraction of sp³-hybridized carbons (Fsp3) is 0.533. The van der Waals surface area contributed by atoms with Crippen molar-refractivity contribution >= 4 is 16.0 Å². The van der Waals surface area contributed by atoms with E-state index in [1.165, 1.54) is 4.31 Å². The van der Waals surface area contributed by atoms with Gasteiger partial charge in [-0.1, -0.05) is 30.3 Å². The maximum atomic E-state index is 12.3. The molecule has 2 rings (SSSR count). The Morgan fingerprint density at radius 3 is 2.67 bits per heavy atom. The van der Waals surface area contributed by atoms with Gasteiger partial charge in [-0.2, -0.15) is 0 Å².